The number of nitrogens with zero attached hydrogens (tertiary/aromatic N) is 4. The van der Waals surface area contributed by atoms with Crippen molar-refractivity contribution in [2.45, 2.75) is 12.8 Å². The lowest BCUT2D eigenvalue weighted by atomic mass is 10.2. The Morgan fingerprint density at radius 3 is 2.45 bits per heavy atom. The van der Waals surface area contributed by atoms with Gasteiger partial charge in [0.15, 0.2) is 0 Å². The molecule has 102 valence electrons. The van der Waals surface area contributed by atoms with Crippen LogP contribution in [-0.4, -0.2) is 28.0 Å². The van der Waals surface area contributed by atoms with Gasteiger partial charge in [-0.3, -0.25) is 4.98 Å². The summed E-state index contributed by atoms with van der Waals surface area (Å²) in [6.45, 7) is 1.38. The molecule has 0 radical (unpaired) electrons. The predicted octanol–water partition coefficient (Wildman–Crippen LogP) is 1.85. The van der Waals surface area contributed by atoms with Crippen LogP contribution in [0.4, 0.5) is 11.6 Å². The van der Waals surface area contributed by atoms with Crippen molar-refractivity contribution in [1.29, 1.82) is 5.26 Å². The Morgan fingerprint density at radius 2 is 1.75 bits per heavy atom. The average molecular weight is 268 g/mol. The molecule has 0 aliphatic heterocycles. The Hall–Kier alpha value is -2.68. The summed E-state index contributed by atoms with van der Waals surface area (Å²) in [6, 6.07) is 7.91. The van der Waals surface area contributed by atoms with Crippen LogP contribution >= 0.6 is 0 Å². The third-order valence-corrected chi connectivity index (χ3v) is 2.68. The van der Waals surface area contributed by atoms with Crippen molar-refractivity contribution in [3.05, 3.63) is 42.5 Å². The normalized spacial score (nSPS) is 9.75. The Morgan fingerprint density at radius 1 is 1.05 bits per heavy atom. The van der Waals surface area contributed by atoms with E-state index in [9.17, 15) is 0 Å². The minimum absolute atomic E-state index is 0.453. The molecule has 6 heteroatoms. The molecular weight excluding hydrogens is 252 g/mol. The van der Waals surface area contributed by atoms with Crippen molar-refractivity contribution < 1.29 is 0 Å². The van der Waals surface area contributed by atoms with E-state index < -0.39 is 0 Å². The molecule has 0 saturated heterocycles. The molecule has 0 aromatic carbocycles. The van der Waals surface area contributed by atoms with Crippen molar-refractivity contribution in [2.75, 3.05) is 23.7 Å². The van der Waals surface area contributed by atoms with Gasteiger partial charge in [-0.1, -0.05) is 0 Å². The minimum atomic E-state index is 0.453. The molecule has 0 aliphatic rings. The topological polar surface area (TPSA) is 86.5 Å². The van der Waals surface area contributed by atoms with Crippen LogP contribution in [0.15, 0.2) is 36.9 Å². The molecule has 2 rings (SSSR count). The Bertz CT molecular complexity index is 563. The maximum atomic E-state index is 8.48. The first-order valence-corrected chi connectivity index (χ1v) is 6.44. The summed E-state index contributed by atoms with van der Waals surface area (Å²) in [4.78, 5) is 12.2. The quantitative estimate of drug-likeness (QED) is 0.745. The largest absolute Gasteiger partial charge is 0.370 e. The van der Waals surface area contributed by atoms with E-state index in [-0.39, 0.29) is 0 Å². The van der Waals surface area contributed by atoms with Crippen LogP contribution in [0.3, 0.4) is 0 Å². The predicted molar refractivity (Wildman–Crippen MR) is 77.2 cm³/mol. The minimum Gasteiger partial charge on any atom is -0.370 e. The van der Waals surface area contributed by atoms with Crippen LogP contribution in [0.2, 0.25) is 0 Å². The molecule has 0 aliphatic carbocycles. The highest BCUT2D eigenvalue weighted by atomic mass is 15.1. The van der Waals surface area contributed by atoms with Gasteiger partial charge in [0, 0.05) is 31.5 Å². The summed E-state index contributed by atoms with van der Waals surface area (Å²) in [5.74, 6) is 1.50. The van der Waals surface area contributed by atoms with Gasteiger partial charge in [0.25, 0.3) is 0 Å². The van der Waals surface area contributed by atoms with Crippen LogP contribution in [0.5, 0.6) is 0 Å². The van der Waals surface area contributed by atoms with Gasteiger partial charge in [-0.2, -0.15) is 5.26 Å². The smallest absolute Gasteiger partial charge is 0.131 e. The lowest BCUT2D eigenvalue weighted by Crippen LogP contribution is -2.08. The van der Waals surface area contributed by atoms with Gasteiger partial charge < -0.3 is 10.6 Å². The lowest BCUT2D eigenvalue weighted by molar-refractivity contribution is 0.989. The maximum absolute atomic E-state index is 8.48. The average Bonchev–Trinajstić information content (AvgIpc) is 2.49. The van der Waals surface area contributed by atoms with Gasteiger partial charge >= 0.3 is 0 Å². The molecule has 0 spiro atoms. The summed E-state index contributed by atoms with van der Waals surface area (Å²) < 4.78 is 0. The molecular formula is C14H16N6. The highest BCUT2D eigenvalue weighted by Crippen LogP contribution is 2.08. The number of anilines is 2. The van der Waals surface area contributed by atoms with Crippen molar-refractivity contribution >= 4 is 11.6 Å². The second-order valence-electron chi connectivity index (χ2n) is 4.16. The summed E-state index contributed by atoms with van der Waals surface area (Å²) in [5, 5.41) is 14.8. The summed E-state index contributed by atoms with van der Waals surface area (Å²) in [6.07, 6.45) is 6.44. The zero-order valence-corrected chi connectivity index (χ0v) is 11.1. The second-order valence-corrected chi connectivity index (χ2v) is 4.16. The van der Waals surface area contributed by atoms with Crippen LogP contribution in [0.25, 0.3) is 0 Å². The molecule has 20 heavy (non-hydrogen) atoms. The zero-order valence-electron chi connectivity index (χ0n) is 11.1. The van der Waals surface area contributed by atoms with Crippen LogP contribution in [0, 0.1) is 11.3 Å². The molecule has 0 bridgehead atoms. The van der Waals surface area contributed by atoms with Crippen molar-refractivity contribution in [2.24, 2.45) is 0 Å². The van der Waals surface area contributed by atoms with Gasteiger partial charge in [0.05, 0.1) is 12.5 Å². The van der Waals surface area contributed by atoms with E-state index in [2.05, 4.69) is 31.7 Å². The standard InChI is InChI=1S/C14H16N6/c15-5-1-6-17-13-10-14(20-11-19-13)18-9-4-12-2-7-16-8-3-12/h2-3,7-8,10-11H,1,4,6,9H2,(H2,17,18,19,20). The monoisotopic (exact) mass is 268 g/mol. The van der Waals surface area contributed by atoms with E-state index in [1.807, 2.05) is 18.2 Å². The van der Waals surface area contributed by atoms with E-state index in [1.54, 1.807) is 12.4 Å². The van der Waals surface area contributed by atoms with Crippen molar-refractivity contribution in [3.8, 4) is 6.07 Å². The van der Waals surface area contributed by atoms with E-state index in [0.717, 1.165) is 24.6 Å². The zero-order chi connectivity index (χ0) is 14.0. The first-order chi connectivity index (χ1) is 9.88. The van der Waals surface area contributed by atoms with Crippen LogP contribution < -0.4 is 10.6 Å². The number of pyridine rings is 1. The summed E-state index contributed by atoms with van der Waals surface area (Å²) in [5.41, 5.74) is 1.23. The van der Waals surface area contributed by atoms with Crippen LogP contribution in [-0.2, 0) is 6.42 Å². The highest BCUT2D eigenvalue weighted by Gasteiger charge is 1.98. The molecule has 0 unspecified atom stereocenters. The van der Waals surface area contributed by atoms with E-state index in [0.29, 0.717) is 13.0 Å². The Balaban J connectivity index is 1.81. The Kier molecular flexibility index (Phi) is 5.28. The molecule has 2 heterocycles. The first-order valence-electron chi connectivity index (χ1n) is 6.44. The van der Waals surface area contributed by atoms with Gasteiger partial charge in [0.2, 0.25) is 0 Å². The molecule has 6 nitrogen and oxygen atoms in total. The fraction of sp³-hybridized carbons (Fsp3) is 0.286. The van der Waals surface area contributed by atoms with Gasteiger partial charge in [-0.15, -0.1) is 0 Å². The molecule has 2 aromatic rings. The van der Waals surface area contributed by atoms with Gasteiger partial charge in [-0.05, 0) is 24.1 Å². The maximum Gasteiger partial charge on any atom is 0.131 e. The summed E-state index contributed by atoms with van der Waals surface area (Å²) >= 11 is 0. The number of aromatic nitrogens is 3. The first kappa shape index (κ1) is 13.7. The van der Waals surface area contributed by atoms with Gasteiger partial charge in [-0.25, -0.2) is 9.97 Å². The van der Waals surface area contributed by atoms with E-state index in [4.69, 9.17) is 5.26 Å². The molecule has 0 saturated carbocycles. The van der Waals surface area contributed by atoms with Gasteiger partial charge in [0.1, 0.15) is 18.0 Å². The van der Waals surface area contributed by atoms with E-state index >= 15 is 0 Å². The molecule has 0 fully saturated rings. The summed E-state index contributed by atoms with van der Waals surface area (Å²) in [7, 11) is 0. The lowest BCUT2D eigenvalue weighted by Gasteiger charge is -2.07. The highest BCUT2D eigenvalue weighted by molar-refractivity contribution is 5.46. The SMILES string of the molecule is N#CCCNc1cc(NCCc2ccncc2)ncn1. The Labute approximate surface area is 117 Å². The molecule has 0 amide bonds. The van der Waals surface area contributed by atoms with Crippen LogP contribution in [0.1, 0.15) is 12.0 Å². The second kappa shape index (κ2) is 7.69. The molecule has 2 N–H and O–H groups in total. The fourth-order valence-corrected chi connectivity index (χ4v) is 1.68. The number of nitriles is 1. The number of nitrogens with one attached hydrogen (secondary N) is 2. The molecule has 0 atom stereocenters. The van der Waals surface area contributed by atoms with E-state index in [1.165, 1.54) is 11.9 Å². The van der Waals surface area contributed by atoms with Crippen molar-refractivity contribution in [3.63, 3.8) is 0 Å². The number of rotatable bonds is 7. The third kappa shape index (κ3) is 4.53. The fourth-order valence-electron chi connectivity index (χ4n) is 1.68. The number of hydrogen-bond acceptors (Lipinski definition) is 6. The van der Waals surface area contributed by atoms with Crippen molar-refractivity contribution in [1.82, 2.24) is 15.0 Å². The molecule has 2 aromatic heterocycles. The number of hydrogen-bond donors (Lipinski definition) is 2. The third-order valence-electron chi connectivity index (χ3n) is 2.68.